The largest absolute Gasteiger partial charge is 0.346 e. The monoisotopic (exact) mass is 254 g/mol. The van der Waals surface area contributed by atoms with Gasteiger partial charge in [-0.3, -0.25) is 4.90 Å². The molecule has 1 saturated heterocycles. The average molecular weight is 254 g/mol. The van der Waals surface area contributed by atoms with Crippen molar-refractivity contribution in [3.05, 3.63) is 11.6 Å². The van der Waals surface area contributed by atoms with Crippen LogP contribution in [0.2, 0.25) is 0 Å². The van der Waals surface area contributed by atoms with Gasteiger partial charge in [0, 0.05) is 50.3 Å². The van der Waals surface area contributed by atoms with Gasteiger partial charge in [0.15, 0.2) is 5.13 Å². The van der Waals surface area contributed by atoms with E-state index >= 15 is 0 Å². The van der Waals surface area contributed by atoms with Crippen LogP contribution in [-0.2, 0) is 0 Å². The molecule has 1 unspecified atom stereocenters. The first kappa shape index (κ1) is 12.8. The molecule has 1 atom stereocenters. The number of rotatable bonds is 5. The summed E-state index contributed by atoms with van der Waals surface area (Å²) in [5.41, 5.74) is 5.85. The Morgan fingerprint density at radius 1 is 1.41 bits per heavy atom. The van der Waals surface area contributed by atoms with E-state index in [1.807, 2.05) is 11.6 Å². The van der Waals surface area contributed by atoms with Crippen molar-refractivity contribution in [3.63, 3.8) is 0 Å². The topological polar surface area (TPSA) is 45.4 Å². The van der Waals surface area contributed by atoms with Gasteiger partial charge in [0.05, 0.1) is 0 Å². The van der Waals surface area contributed by atoms with E-state index in [2.05, 4.69) is 21.7 Å². The third-order valence-corrected chi connectivity index (χ3v) is 4.25. The Morgan fingerprint density at radius 3 is 2.71 bits per heavy atom. The molecule has 0 spiro atoms. The minimum atomic E-state index is 0.568. The summed E-state index contributed by atoms with van der Waals surface area (Å²) in [6.07, 6.45) is 4.31. The quantitative estimate of drug-likeness (QED) is 0.862. The molecule has 2 heterocycles. The minimum Gasteiger partial charge on any atom is -0.346 e. The number of anilines is 1. The van der Waals surface area contributed by atoms with Crippen LogP contribution < -0.4 is 10.6 Å². The summed E-state index contributed by atoms with van der Waals surface area (Å²) in [5.74, 6) is 0. The summed E-state index contributed by atoms with van der Waals surface area (Å²) in [7, 11) is 0. The van der Waals surface area contributed by atoms with Gasteiger partial charge in [-0.05, 0) is 6.42 Å². The molecular formula is C12H22N4S. The van der Waals surface area contributed by atoms with Crippen LogP contribution in [0.3, 0.4) is 0 Å². The Hall–Kier alpha value is -0.650. The molecule has 0 amide bonds. The fourth-order valence-corrected chi connectivity index (χ4v) is 3.13. The lowest BCUT2D eigenvalue weighted by molar-refractivity contribution is 0.179. The summed E-state index contributed by atoms with van der Waals surface area (Å²) in [6, 6.07) is 0.568. The molecule has 1 fully saturated rings. The van der Waals surface area contributed by atoms with Crippen LogP contribution in [0.15, 0.2) is 11.6 Å². The van der Waals surface area contributed by atoms with Crippen molar-refractivity contribution in [2.24, 2.45) is 5.73 Å². The number of piperazine rings is 1. The highest BCUT2D eigenvalue weighted by molar-refractivity contribution is 7.13. The van der Waals surface area contributed by atoms with Gasteiger partial charge in [0.25, 0.3) is 0 Å². The third kappa shape index (κ3) is 3.18. The first-order valence-corrected chi connectivity index (χ1v) is 7.31. The summed E-state index contributed by atoms with van der Waals surface area (Å²) in [6.45, 7) is 7.39. The molecule has 2 N–H and O–H groups in total. The van der Waals surface area contributed by atoms with E-state index in [1.165, 1.54) is 12.8 Å². The summed E-state index contributed by atoms with van der Waals surface area (Å²) >= 11 is 1.73. The zero-order valence-corrected chi connectivity index (χ0v) is 11.3. The van der Waals surface area contributed by atoms with Gasteiger partial charge in [-0.25, -0.2) is 4.98 Å². The molecule has 96 valence electrons. The Kier molecular flexibility index (Phi) is 4.76. The van der Waals surface area contributed by atoms with E-state index < -0.39 is 0 Å². The van der Waals surface area contributed by atoms with Crippen molar-refractivity contribution in [1.29, 1.82) is 0 Å². The van der Waals surface area contributed by atoms with E-state index in [1.54, 1.807) is 11.3 Å². The van der Waals surface area contributed by atoms with Crippen LogP contribution in [0.5, 0.6) is 0 Å². The normalized spacial score (nSPS) is 19.5. The maximum atomic E-state index is 5.85. The number of nitrogens with zero attached hydrogens (tertiary/aromatic N) is 3. The number of thiazole rings is 1. The molecule has 2 rings (SSSR count). The number of hydrogen-bond acceptors (Lipinski definition) is 5. The molecule has 1 aromatic heterocycles. The predicted molar refractivity (Wildman–Crippen MR) is 73.7 cm³/mol. The zero-order chi connectivity index (χ0) is 12.1. The summed E-state index contributed by atoms with van der Waals surface area (Å²) in [5, 5.41) is 3.20. The van der Waals surface area contributed by atoms with Crippen LogP contribution in [0.4, 0.5) is 5.13 Å². The first-order chi connectivity index (χ1) is 8.35. The highest BCUT2D eigenvalue weighted by Gasteiger charge is 2.23. The van der Waals surface area contributed by atoms with Gasteiger partial charge in [-0.1, -0.05) is 13.3 Å². The van der Waals surface area contributed by atoms with E-state index in [0.29, 0.717) is 6.04 Å². The van der Waals surface area contributed by atoms with E-state index in [9.17, 15) is 0 Å². The highest BCUT2D eigenvalue weighted by Crippen LogP contribution is 2.20. The third-order valence-electron chi connectivity index (χ3n) is 3.41. The molecule has 1 aliphatic rings. The Balaban J connectivity index is 1.85. The number of nitrogens with two attached hydrogens (primary N) is 1. The molecule has 5 heteroatoms. The zero-order valence-electron chi connectivity index (χ0n) is 10.5. The van der Waals surface area contributed by atoms with Gasteiger partial charge >= 0.3 is 0 Å². The molecule has 0 saturated carbocycles. The average Bonchev–Trinajstić information content (AvgIpc) is 2.90. The second-order valence-corrected chi connectivity index (χ2v) is 5.39. The molecule has 1 aliphatic heterocycles. The molecular weight excluding hydrogens is 232 g/mol. The van der Waals surface area contributed by atoms with Crippen LogP contribution in [-0.4, -0.2) is 48.6 Å². The standard InChI is InChI=1S/C12H22N4S/c1-2-3-11(10-13)15-5-7-16(8-6-15)12-14-4-9-17-12/h4,9,11H,2-3,5-8,10,13H2,1H3. The van der Waals surface area contributed by atoms with Crippen LogP contribution in [0, 0.1) is 0 Å². The van der Waals surface area contributed by atoms with Crippen LogP contribution >= 0.6 is 11.3 Å². The van der Waals surface area contributed by atoms with Crippen LogP contribution in [0.1, 0.15) is 19.8 Å². The fraction of sp³-hybridized carbons (Fsp3) is 0.750. The van der Waals surface area contributed by atoms with E-state index in [4.69, 9.17) is 5.73 Å². The van der Waals surface area contributed by atoms with E-state index in [-0.39, 0.29) is 0 Å². The highest BCUT2D eigenvalue weighted by atomic mass is 32.1. The second kappa shape index (κ2) is 6.33. The van der Waals surface area contributed by atoms with Crippen LogP contribution in [0.25, 0.3) is 0 Å². The summed E-state index contributed by atoms with van der Waals surface area (Å²) < 4.78 is 0. The van der Waals surface area contributed by atoms with Crippen molar-refractivity contribution >= 4 is 16.5 Å². The lowest BCUT2D eigenvalue weighted by Crippen LogP contribution is -2.52. The maximum Gasteiger partial charge on any atom is 0.185 e. The molecule has 0 aromatic carbocycles. The smallest absolute Gasteiger partial charge is 0.185 e. The Morgan fingerprint density at radius 2 is 2.18 bits per heavy atom. The van der Waals surface area contributed by atoms with Gasteiger partial charge in [0.2, 0.25) is 0 Å². The predicted octanol–water partition coefficient (Wildman–Crippen LogP) is 1.39. The SMILES string of the molecule is CCCC(CN)N1CCN(c2nccs2)CC1. The minimum absolute atomic E-state index is 0.568. The van der Waals surface area contributed by atoms with Crippen molar-refractivity contribution in [1.82, 2.24) is 9.88 Å². The number of aromatic nitrogens is 1. The lowest BCUT2D eigenvalue weighted by Gasteiger charge is -2.38. The fourth-order valence-electron chi connectivity index (χ4n) is 2.43. The molecule has 0 bridgehead atoms. The second-order valence-electron chi connectivity index (χ2n) is 4.52. The van der Waals surface area contributed by atoms with Gasteiger partial charge < -0.3 is 10.6 Å². The lowest BCUT2D eigenvalue weighted by atomic mass is 10.1. The van der Waals surface area contributed by atoms with Crippen molar-refractivity contribution in [3.8, 4) is 0 Å². The molecule has 0 aliphatic carbocycles. The molecule has 1 aromatic rings. The van der Waals surface area contributed by atoms with Gasteiger partial charge in [0.1, 0.15) is 0 Å². The first-order valence-electron chi connectivity index (χ1n) is 6.43. The Bertz CT molecular complexity index is 306. The molecule has 17 heavy (non-hydrogen) atoms. The van der Waals surface area contributed by atoms with E-state index in [0.717, 1.165) is 37.9 Å². The van der Waals surface area contributed by atoms with Gasteiger partial charge in [-0.2, -0.15) is 0 Å². The van der Waals surface area contributed by atoms with Crippen molar-refractivity contribution in [2.75, 3.05) is 37.6 Å². The number of hydrogen-bond donors (Lipinski definition) is 1. The van der Waals surface area contributed by atoms with Crippen molar-refractivity contribution in [2.45, 2.75) is 25.8 Å². The Labute approximate surface area is 107 Å². The van der Waals surface area contributed by atoms with Gasteiger partial charge in [-0.15, -0.1) is 11.3 Å². The summed E-state index contributed by atoms with van der Waals surface area (Å²) in [4.78, 5) is 9.28. The molecule has 0 radical (unpaired) electrons. The van der Waals surface area contributed by atoms with Crippen molar-refractivity contribution < 1.29 is 0 Å². The molecule has 4 nitrogen and oxygen atoms in total. The maximum absolute atomic E-state index is 5.85.